The molecule has 0 aliphatic rings. The highest BCUT2D eigenvalue weighted by molar-refractivity contribution is 6.41. The Bertz CT molecular complexity index is 651. The third-order valence-electron chi connectivity index (χ3n) is 2.39. The molecular formula is C12H7Cl3N2O2. The summed E-state index contributed by atoms with van der Waals surface area (Å²) in [6.07, 6.45) is 0. The number of halogens is 3. The Kier molecular flexibility index (Phi) is 3.85. The van der Waals surface area contributed by atoms with Crippen molar-refractivity contribution in [3.63, 3.8) is 0 Å². The van der Waals surface area contributed by atoms with Crippen molar-refractivity contribution in [2.45, 2.75) is 0 Å². The smallest absolute Gasteiger partial charge is 0.354 e. The minimum absolute atomic E-state index is 0.147. The summed E-state index contributed by atoms with van der Waals surface area (Å²) in [5, 5.41) is 9.81. The normalized spacial score (nSPS) is 10.5. The summed E-state index contributed by atoms with van der Waals surface area (Å²) in [4.78, 5) is 14.9. The van der Waals surface area contributed by atoms with Gasteiger partial charge in [0.15, 0.2) is 0 Å². The van der Waals surface area contributed by atoms with Gasteiger partial charge in [0.25, 0.3) is 0 Å². The monoisotopic (exact) mass is 316 g/mol. The molecule has 0 saturated heterocycles. The molecule has 0 fully saturated rings. The van der Waals surface area contributed by atoms with Crippen LogP contribution in [0.5, 0.6) is 0 Å². The second-order valence-corrected chi connectivity index (χ2v) is 4.93. The first-order valence-electron chi connectivity index (χ1n) is 5.05. The molecule has 0 saturated carbocycles. The molecule has 0 aliphatic carbocycles. The van der Waals surface area contributed by atoms with Crippen molar-refractivity contribution in [1.29, 1.82) is 0 Å². The number of pyridine rings is 1. The van der Waals surface area contributed by atoms with Gasteiger partial charge in [-0.3, -0.25) is 0 Å². The standard InChI is InChI=1S/C12H7Cl3N2O2/c13-5-3-6(14)10(7(15)4-5)11-8(16)1-2-9(17-11)12(18)19/h1-4H,16H2,(H,18,19). The number of carboxylic acid groups (broad SMARTS) is 1. The molecule has 0 spiro atoms. The summed E-state index contributed by atoms with van der Waals surface area (Å²) in [6.45, 7) is 0. The number of nitrogens with zero attached hydrogens (tertiary/aromatic N) is 1. The summed E-state index contributed by atoms with van der Waals surface area (Å²) < 4.78 is 0. The van der Waals surface area contributed by atoms with Gasteiger partial charge in [0.2, 0.25) is 0 Å². The van der Waals surface area contributed by atoms with E-state index < -0.39 is 5.97 Å². The zero-order chi connectivity index (χ0) is 14.2. The number of aromatic nitrogens is 1. The maximum Gasteiger partial charge on any atom is 0.354 e. The van der Waals surface area contributed by atoms with Crippen LogP contribution in [0.25, 0.3) is 11.3 Å². The first kappa shape index (κ1) is 13.9. The molecule has 4 nitrogen and oxygen atoms in total. The summed E-state index contributed by atoms with van der Waals surface area (Å²) in [6, 6.07) is 5.71. The van der Waals surface area contributed by atoms with Crippen molar-refractivity contribution in [2.75, 3.05) is 5.73 Å². The lowest BCUT2D eigenvalue weighted by Crippen LogP contribution is -2.04. The number of carbonyl (C=O) groups is 1. The van der Waals surface area contributed by atoms with E-state index in [1.165, 1.54) is 24.3 Å². The zero-order valence-corrected chi connectivity index (χ0v) is 11.6. The molecule has 1 heterocycles. The Morgan fingerprint density at radius 2 is 1.74 bits per heavy atom. The fourth-order valence-corrected chi connectivity index (χ4v) is 2.55. The summed E-state index contributed by atoms with van der Waals surface area (Å²) in [5.74, 6) is -1.16. The molecule has 0 amide bonds. The van der Waals surface area contributed by atoms with E-state index in [-0.39, 0.29) is 27.1 Å². The molecule has 0 aliphatic heterocycles. The second kappa shape index (κ2) is 5.25. The van der Waals surface area contributed by atoms with E-state index in [4.69, 9.17) is 45.6 Å². The van der Waals surface area contributed by atoms with Crippen molar-refractivity contribution in [3.8, 4) is 11.3 Å². The Balaban J connectivity index is 2.71. The molecule has 0 atom stereocenters. The van der Waals surface area contributed by atoms with Gasteiger partial charge < -0.3 is 10.8 Å². The van der Waals surface area contributed by atoms with Crippen LogP contribution in [-0.2, 0) is 0 Å². The SMILES string of the molecule is Nc1ccc(C(=O)O)nc1-c1c(Cl)cc(Cl)cc1Cl. The van der Waals surface area contributed by atoms with Crippen molar-refractivity contribution in [1.82, 2.24) is 4.98 Å². The number of benzene rings is 1. The summed E-state index contributed by atoms with van der Waals surface area (Å²) in [7, 11) is 0. The van der Waals surface area contributed by atoms with E-state index in [1.54, 1.807) is 0 Å². The minimum atomic E-state index is -1.16. The number of rotatable bonds is 2. The van der Waals surface area contributed by atoms with Crippen LogP contribution in [0.4, 0.5) is 5.69 Å². The molecule has 0 radical (unpaired) electrons. The molecule has 98 valence electrons. The van der Waals surface area contributed by atoms with Gasteiger partial charge in [0.1, 0.15) is 5.69 Å². The van der Waals surface area contributed by atoms with Gasteiger partial charge in [-0.15, -0.1) is 0 Å². The van der Waals surface area contributed by atoms with Crippen LogP contribution in [0.2, 0.25) is 15.1 Å². The van der Waals surface area contributed by atoms with Gasteiger partial charge in [0.05, 0.1) is 21.4 Å². The van der Waals surface area contributed by atoms with Crippen LogP contribution in [-0.4, -0.2) is 16.1 Å². The molecule has 0 unspecified atom stereocenters. The van der Waals surface area contributed by atoms with E-state index in [0.29, 0.717) is 10.6 Å². The van der Waals surface area contributed by atoms with Crippen molar-refractivity contribution >= 4 is 46.5 Å². The third-order valence-corrected chi connectivity index (χ3v) is 3.20. The molecule has 2 aromatic rings. The quantitative estimate of drug-likeness (QED) is 0.878. The number of carboxylic acids is 1. The van der Waals surface area contributed by atoms with Crippen molar-refractivity contribution < 1.29 is 9.90 Å². The maximum atomic E-state index is 10.9. The van der Waals surface area contributed by atoms with Gasteiger partial charge >= 0.3 is 5.97 Å². The average Bonchev–Trinajstić information content (AvgIpc) is 2.29. The highest BCUT2D eigenvalue weighted by Crippen LogP contribution is 2.38. The molecule has 2 rings (SSSR count). The van der Waals surface area contributed by atoms with Crippen molar-refractivity contribution in [3.05, 3.63) is 45.0 Å². The van der Waals surface area contributed by atoms with Gasteiger partial charge in [-0.2, -0.15) is 0 Å². The predicted molar refractivity (Wildman–Crippen MR) is 76.1 cm³/mol. The van der Waals surface area contributed by atoms with Gasteiger partial charge in [-0.1, -0.05) is 34.8 Å². The fourth-order valence-electron chi connectivity index (χ4n) is 1.56. The maximum absolute atomic E-state index is 10.9. The Morgan fingerprint density at radius 3 is 2.26 bits per heavy atom. The number of anilines is 1. The van der Waals surface area contributed by atoms with E-state index in [0.717, 1.165) is 0 Å². The van der Waals surface area contributed by atoms with Gasteiger partial charge in [0, 0.05) is 10.6 Å². The van der Waals surface area contributed by atoms with Crippen molar-refractivity contribution in [2.24, 2.45) is 0 Å². The Morgan fingerprint density at radius 1 is 1.16 bits per heavy atom. The van der Waals surface area contributed by atoms with Crippen LogP contribution >= 0.6 is 34.8 Å². The predicted octanol–water partition coefficient (Wildman–Crippen LogP) is 3.99. The molecule has 7 heteroatoms. The Labute approximate surface area is 123 Å². The molecular weight excluding hydrogens is 311 g/mol. The average molecular weight is 318 g/mol. The van der Waals surface area contributed by atoms with E-state index in [1.807, 2.05) is 0 Å². The van der Waals surface area contributed by atoms with Gasteiger partial charge in [-0.25, -0.2) is 9.78 Å². The lowest BCUT2D eigenvalue weighted by atomic mass is 10.1. The topological polar surface area (TPSA) is 76.2 Å². The fraction of sp³-hybridized carbons (Fsp3) is 0. The molecule has 19 heavy (non-hydrogen) atoms. The minimum Gasteiger partial charge on any atom is -0.477 e. The number of hydrogen-bond acceptors (Lipinski definition) is 3. The van der Waals surface area contributed by atoms with Crippen LogP contribution in [0.3, 0.4) is 0 Å². The van der Waals surface area contributed by atoms with Crippen LogP contribution < -0.4 is 5.73 Å². The van der Waals surface area contributed by atoms with Crippen LogP contribution in [0, 0.1) is 0 Å². The second-order valence-electron chi connectivity index (χ2n) is 3.68. The van der Waals surface area contributed by atoms with Crippen LogP contribution in [0.15, 0.2) is 24.3 Å². The molecule has 3 N–H and O–H groups in total. The zero-order valence-electron chi connectivity index (χ0n) is 9.32. The summed E-state index contributed by atoms with van der Waals surface area (Å²) in [5.41, 5.74) is 6.49. The number of nitrogen functional groups attached to an aromatic ring is 1. The number of hydrogen-bond donors (Lipinski definition) is 2. The lowest BCUT2D eigenvalue weighted by Gasteiger charge is -2.10. The first-order valence-corrected chi connectivity index (χ1v) is 6.18. The van der Waals surface area contributed by atoms with E-state index >= 15 is 0 Å². The molecule has 1 aromatic carbocycles. The Hall–Kier alpha value is -1.49. The highest BCUT2D eigenvalue weighted by atomic mass is 35.5. The number of nitrogens with two attached hydrogens (primary N) is 1. The van der Waals surface area contributed by atoms with E-state index in [2.05, 4.69) is 4.98 Å². The largest absolute Gasteiger partial charge is 0.477 e. The first-order chi connectivity index (χ1) is 8.90. The van der Waals surface area contributed by atoms with Gasteiger partial charge in [-0.05, 0) is 24.3 Å². The highest BCUT2D eigenvalue weighted by Gasteiger charge is 2.16. The van der Waals surface area contributed by atoms with E-state index in [9.17, 15) is 4.79 Å². The third kappa shape index (κ3) is 2.76. The molecule has 0 bridgehead atoms. The molecule has 1 aromatic heterocycles. The lowest BCUT2D eigenvalue weighted by molar-refractivity contribution is 0.0690. The summed E-state index contributed by atoms with van der Waals surface area (Å²) >= 11 is 17.9. The van der Waals surface area contributed by atoms with Crippen LogP contribution in [0.1, 0.15) is 10.5 Å². The number of aromatic carboxylic acids is 1.